The molecule has 1 aliphatic heterocycles. The lowest BCUT2D eigenvalue weighted by Crippen LogP contribution is -2.11. The Labute approximate surface area is 59.4 Å². The number of hydrogen-bond donors (Lipinski definition) is 1. The Bertz CT molecular complexity index is 272. The number of fused-ring (bicyclic) bond motifs is 1. The molecule has 0 atom stereocenters. The van der Waals surface area contributed by atoms with E-state index < -0.39 is 0 Å². The van der Waals surface area contributed by atoms with Gasteiger partial charge in [-0.15, -0.1) is 0 Å². The number of rotatable bonds is 0. The zero-order valence-corrected chi connectivity index (χ0v) is 5.83. The van der Waals surface area contributed by atoms with Gasteiger partial charge in [0.15, 0.2) is 0 Å². The van der Waals surface area contributed by atoms with Gasteiger partial charge in [-0.3, -0.25) is 0 Å². The van der Waals surface area contributed by atoms with Crippen LogP contribution in [0.4, 0.5) is 5.82 Å². The van der Waals surface area contributed by atoms with Gasteiger partial charge in [-0.05, 0) is 13.0 Å². The molecular weight excluding hydrogens is 126 g/mol. The Morgan fingerprint density at radius 3 is 3.50 bits per heavy atom. The molecule has 2 heterocycles. The van der Waals surface area contributed by atoms with E-state index >= 15 is 0 Å². The zero-order valence-electron chi connectivity index (χ0n) is 5.83. The molecule has 10 heavy (non-hydrogen) atoms. The fourth-order valence-electron chi connectivity index (χ4n) is 1.06. The fraction of sp³-hybridized carbons (Fsp3) is 0.286. The molecule has 1 aromatic heterocycles. The molecule has 0 amide bonds. The van der Waals surface area contributed by atoms with E-state index in [1.807, 2.05) is 10.7 Å². The van der Waals surface area contributed by atoms with E-state index in [-0.39, 0.29) is 0 Å². The number of allylic oxidation sites excluding steroid dienone is 2. The zero-order chi connectivity index (χ0) is 6.97. The molecule has 0 spiro atoms. The van der Waals surface area contributed by atoms with Gasteiger partial charge < -0.3 is 5.32 Å². The Balaban J connectivity index is 2.39. The minimum atomic E-state index is 0.890. The number of anilines is 1. The highest BCUT2D eigenvalue weighted by atomic mass is 15.3. The summed E-state index contributed by atoms with van der Waals surface area (Å²) < 4.78 is 1.92. The Morgan fingerprint density at radius 1 is 1.70 bits per heavy atom. The third-order valence-electron chi connectivity index (χ3n) is 1.61. The molecule has 0 aliphatic carbocycles. The first-order valence-corrected chi connectivity index (χ1v) is 3.32. The fourth-order valence-corrected chi connectivity index (χ4v) is 1.06. The first-order chi connectivity index (χ1) is 4.86. The number of hydrogen-bond acceptors (Lipinski definition) is 2. The summed E-state index contributed by atoms with van der Waals surface area (Å²) in [5.74, 6) is 1.08. The predicted molar refractivity (Wildman–Crippen MR) is 39.6 cm³/mol. The van der Waals surface area contributed by atoms with Crippen LogP contribution in [0.2, 0.25) is 0 Å². The van der Waals surface area contributed by atoms with Crippen LogP contribution in [-0.2, 0) is 6.54 Å². The second kappa shape index (κ2) is 1.87. The van der Waals surface area contributed by atoms with E-state index in [1.54, 1.807) is 6.20 Å². The first-order valence-electron chi connectivity index (χ1n) is 3.32. The third-order valence-corrected chi connectivity index (χ3v) is 1.61. The average molecular weight is 135 g/mol. The summed E-state index contributed by atoms with van der Waals surface area (Å²) in [6.07, 6.45) is 3.91. The molecule has 2 rings (SSSR count). The molecule has 1 N–H and O–H groups in total. The summed E-state index contributed by atoms with van der Waals surface area (Å²) in [7, 11) is 0. The number of nitrogens with one attached hydrogen (secondary N) is 1. The smallest absolute Gasteiger partial charge is 0.128 e. The van der Waals surface area contributed by atoms with E-state index in [4.69, 9.17) is 0 Å². The normalized spacial score (nSPS) is 15.5. The maximum Gasteiger partial charge on any atom is 0.128 e. The predicted octanol–water partition coefficient (Wildman–Crippen LogP) is 1.21. The van der Waals surface area contributed by atoms with Gasteiger partial charge in [0.1, 0.15) is 5.82 Å². The van der Waals surface area contributed by atoms with Crippen LogP contribution in [0.25, 0.3) is 0 Å². The molecular formula is C7H9N3. The van der Waals surface area contributed by atoms with Gasteiger partial charge in [0.25, 0.3) is 0 Å². The Morgan fingerprint density at radius 2 is 2.60 bits per heavy atom. The third kappa shape index (κ3) is 0.708. The lowest BCUT2D eigenvalue weighted by molar-refractivity contribution is 0.693. The highest BCUT2D eigenvalue weighted by Gasteiger charge is 2.04. The van der Waals surface area contributed by atoms with Gasteiger partial charge in [0, 0.05) is 11.8 Å². The molecule has 0 saturated carbocycles. The lowest BCUT2D eigenvalue weighted by atomic mass is 10.3. The van der Waals surface area contributed by atoms with E-state index in [0.29, 0.717) is 0 Å². The van der Waals surface area contributed by atoms with Crippen LogP contribution >= 0.6 is 0 Å². The van der Waals surface area contributed by atoms with Crippen molar-refractivity contribution in [3.8, 4) is 0 Å². The van der Waals surface area contributed by atoms with Crippen molar-refractivity contribution in [1.29, 1.82) is 0 Å². The summed E-state index contributed by atoms with van der Waals surface area (Å²) in [4.78, 5) is 0. The molecule has 0 aromatic carbocycles. The van der Waals surface area contributed by atoms with Gasteiger partial charge in [-0.1, -0.05) is 0 Å². The van der Waals surface area contributed by atoms with E-state index in [0.717, 1.165) is 12.4 Å². The highest BCUT2D eigenvalue weighted by molar-refractivity contribution is 5.42. The Hall–Kier alpha value is -1.25. The van der Waals surface area contributed by atoms with Gasteiger partial charge in [-0.2, -0.15) is 5.10 Å². The monoisotopic (exact) mass is 135 g/mol. The van der Waals surface area contributed by atoms with Crippen molar-refractivity contribution in [1.82, 2.24) is 9.78 Å². The van der Waals surface area contributed by atoms with E-state index in [2.05, 4.69) is 23.4 Å². The quantitative estimate of drug-likeness (QED) is 0.579. The van der Waals surface area contributed by atoms with Crippen molar-refractivity contribution in [2.75, 3.05) is 5.32 Å². The summed E-state index contributed by atoms with van der Waals surface area (Å²) in [5.41, 5.74) is 1.20. The largest absolute Gasteiger partial charge is 0.345 e. The standard InChI is InChI=1S/C7H9N3/c1-6-3-5-10-7(9-6)2-4-8-10/h2-4,9H,5H2,1H3. The van der Waals surface area contributed by atoms with Crippen LogP contribution < -0.4 is 5.32 Å². The summed E-state index contributed by atoms with van der Waals surface area (Å²) >= 11 is 0. The van der Waals surface area contributed by atoms with Crippen molar-refractivity contribution >= 4 is 5.82 Å². The minimum Gasteiger partial charge on any atom is -0.345 e. The maximum absolute atomic E-state index is 4.10. The van der Waals surface area contributed by atoms with Gasteiger partial charge in [0.2, 0.25) is 0 Å². The number of nitrogens with zero attached hydrogens (tertiary/aromatic N) is 2. The van der Waals surface area contributed by atoms with Crippen LogP contribution in [-0.4, -0.2) is 9.78 Å². The highest BCUT2D eigenvalue weighted by Crippen LogP contribution is 2.13. The molecule has 0 saturated heterocycles. The van der Waals surface area contributed by atoms with Crippen LogP contribution in [0.1, 0.15) is 6.92 Å². The van der Waals surface area contributed by atoms with E-state index in [1.165, 1.54) is 5.70 Å². The Kier molecular flexibility index (Phi) is 1.03. The van der Waals surface area contributed by atoms with Crippen molar-refractivity contribution in [2.45, 2.75) is 13.5 Å². The van der Waals surface area contributed by atoms with Crippen LogP contribution in [0.5, 0.6) is 0 Å². The summed E-state index contributed by atoms with van der Waals surface area (Å²) in [6, 6.07) is 1.97. The van der Waals surface area contributed by atoms with Gasteiger partial charge in [0.05, 0.1) is 12.7 Å². The topological polar surface area (TPSA) is 29.9 Å². The van der Waals surface area contributed by atoms with Crippen molar-refractivity contribution in [3.63, 3.8) is 0 Å². The first kappa shape index (κ1) is 5.53. The molecule has 1 aromatic rings. The molecule has 0 unspecified atom stereocenters. The van der Waals surface area contributed by atoms with Gasteiger partial charge >= 0.3 is 0 Å². The molecule has 3 nitrogen and oxygen atoms in total. The average Bonchev–Trinajstić information content (AvgIpc) is 2.33. The molecule has 0 bridgehead atoms. The SMILES string of the molecule is CC1=CCn2nccc2N1. The summed E-state index contributed by atoms with van der Waals surface area (Å²) in [5, 5.41) is 7.30. The lowest BCUT2D eigenvalue weighted by Gasteiger charge is -2.13. The number of aromatic nitrogens is 2. The van der Waals surface area contributed by atoms with Crippen molar-refractivity contribution in [2.24, 2.45) is 0 Å². The minimum absolute atomic E-state index is 0.890. The van der Waals surface area contributed by atoms with Crippen LogP contribution in [0, 0.1) is 0 Å². The van der Waals surface area contributed by atoms with E-state index in [9.17, 15) is 0 Å². The molecule has 52 valence electrons. The second-order valence-corrected chi connectivity index (χ2v) is 2.41. The molecule has 3 heteroatoms. The van der Waals surface area contributed by atoms with Crippen LogP contribution in [0.3, 0.4) is 0 Å². The van der Waals surface area contributed by atoms with Crippen molar-refractivity contribution in [3.05, 3.63) is 24.0 Å². The summed E-state index contributed by atoms with van der Waals surface area (Å²) in [6.45, 7) is 2.94. The second-order valence-electron chi connectivity index (χ2n) is 2.41. The maximum atomic E-state index is 4.10. The molecule has 0 radical (unpaired) electrons. The molecule has 0 fully saturated rings. The molecule has 1 aliphatic rings. The van der Waals surface area contributed by atoms with Crippen LogP contribution in [0.15, 0.2) is 24.0 Å². The van der Waals surface area contributed by atoms with Gasteiger partial charge in [-0.25, -0.2) is 4.68 Å². The van der Waals surface area contributed by atoms with Crippen molar-refractivity contribution < 1.29 is 0 Å².